The standard InChI is InChI=1S/C21H21ClN6O2/c1-12-14(9-23)19(13-5-3-4-6-15(13)22)20-16(25-12)10-28(21(20)30)11-18(29)26-17-7-8-24-27(17)2/h3-8H,9-11,23H2,1-2H3,(H,26,29). The monoisotopic (exact) mass is 424 g/mol. The van der Waals surface area contributed by atoms with Gasteiger partial charge in [0.15, 0.2) is 0 Å². The second-order valence-electron chi connectivity index (χ2n) is 7.11. The van der Waals surface area contributed by atoms with Crippen molar-refractivity contribution >= 4 is 29.2 Å². The number of carbonyl (C=O) groups is 2. The molecule has 1 aliphatic rings. The number of aryl methyl sites for hydroxylation is 2. The minimum absolute atomic E-state index is 0.0979. The van der Waals surface area contributed by atoms with Crippen molar-refractivity contribution in [2.75, 3.05) is 11.9 Å². The number of rotatable bonds is 5. The van der Waals surface area contributed by atoms with E-state index in [9.17, 15) is 9.59 Å². The second kappa shape index (κ2) is 7.89. The zero-order chi connectivity index (χ0) is 21.4. The summed E-state index contributed by atoms with van der Waals surface area (Å²) in [5, 5.41) is 7.31. The number of hydrogen-bond donors (Lipinski definition) is 2. The molecular weight excluding hydrogens is 404 g/mol. The van der Waals surface area contributed by atoms with Crippen LogP contribution in [0.3, 0.4) is 0 Å². The Labute approximate surface area is 178 Å². The maximum Gasteiger partial charge on any atom is 0.257 e. The van der Waals surface area contributed by atoms with E-state index in [0.717, 1.165) is 16.8 Å². The molecule has 9 heteroatoms. The molecule has 0 atom stereocenters. The van der Waals surface area contributed by atoms with Gasteiger partial charge in [-0.2, -0.15) is 5.10 Å². The predicted molar refractivity (Wildman–Crippen MR) is 114 cm³/mol. The van der Waals surface area contributed by atoms with Crippen LogP contribution < -0.4 is 11.1 Å². The van der Waals surface area contributed by atoms with Gasteiger partial charge in [0.25, 0.3) is 5.91 Å². The Balaban J connectivity index is 1.69. The summed E-state index contributed by atoms with van der Waals surface area (Å²) >= 11 is 6.45. The highest BCUT2D eigenvalue weighted by Crippen LogP contribution is 2.38. The highest BCUT2D eigenvalue weighted by Gasteiger charge is 2.35. The lowest BCUT2D eigenvalue weighted by molar-refractivity contribution is -0.117. The van der Waals surface area contributed by atoms with Crippen molar-refractivity contribution in [3.05, 3.63) is 64.1 Å². The van der Waals surface area contributed by atoms with Gasteiger partial charge in [0, 0.05) is 41.5 Å². The third-order valence-electron chi connectivity index (χ3n) is 5.19. The zero-order valence-corrected chi connectivity index (χ0v) is 17.4. The fourth-order valence-electron chi connectivity index (χ4n) is 3.75. The van der Waals surface area contributed by atoms with E-state index in [-0.39, 0.29) is 31.4 Å². The van der Waals surface area contributed by atoms with Crippen LogP contribution in [0.2, 0.25) is 5.02 Å². The summed E-state index contributed by atoms with van der Waals surface area (Å²) in [6, 6.07) is 9.02. The summed E-state index contributed by atoms with van der Waals surface area (Å²) in [4.78, 5) is 31.9. The first-order valence-electron chi connectivity index (χ1n) is 9.45. The van der Waals surface area contributed by atoms with Crippen LogP contribution in [-0.2, 0) is 24.9 Å². The van der Waals surface area contributed by atoms with Crippen LogP contribution in [0, 0.1) is 6.92 Å². The summed E-state index contributed by atoms with van der Waals surface area (Å²) in [7, 11) is 1.73. The van der Waals surface area contributed by atoms with Gasteiger partial charge in [0.1, 0.15) is 12.4 Å². The fourth-order valence-corrected chi connectivity index (χ4v) is 3.98. The number of nitrogens with two attached hydrogens (primary N) is 1. The molecular formula is C21H21ClN6O2. The molecule has 0 spiro atoms. The number of pyridine rings is 1. The lowest BCUT2D eigenvalue weighted by Gasteiger charge is -2.17. The minimum atomic E-state index is -0.310. The molecule has 0 saturated heterocycles. The molecule has 4 rings (SSSR count). The molecule has 0 radical (unpaired) electrons. The molecule has 154 valence electrons. The number of benzene rings is 1. The number of nitrogens with one attached hydrogen (secondary N) is 1. The summed E-state index contributed by atoms with van der Waals surface area (Å²) in [5.41, 5.74) is 10.0. The van der Waals surface area contributed by atoms with Crippen LogP contribution in [-0.4, -0.2) is 38.0 Å². The first-order valence-corrected chi connectivity index (χ1v) is 9.83. The van der Waals surface area contributed by atoms with Crippen molar-refractivity contribution in [2.45, 2.75) is 20.0 Å². The van der Waals surface area contributed by atoms with E-state index in [2.05, 4.69) is 15.4 Å². The molecule has 2 aromatic heterocycles. The van der Waals surface area contributed by atoms with Crippen molar-refractivity contribution in [3.8, 4) is 11.1 Å². The number of carbonyl (C=O) groups excluding carboxylic acids is 2. The van der Waals surface area contributed by atoms with E-state index in [4.69, 9.17) is 17.3 Å². The smallest absolute Gasteiger partial charge is 0.257 e. The highest BCUT2D eigenvalue weighted by molar-refractivity contribution is 6.33. The van der Waals surface area contributed by atoms with E-state index in [1.165, 1.54) is 4.90 Å². The molecule has 8 nitrogen and oxygen atoms in total. The number of hydrogen-bond acceptors (Lipinski definition) is 5. The molecule has 0 fully saturated rings. The molecule has 2 amide bonds. The van der Waals surface area contributed by atoms with E-state index in [0.29, 0.717) is 27.7 Å². The third-order valence-corrected chi connectivity index (χ3v) is 5.52. The molecule has 0 saturated carbocycles. The Morgan fingerprint density at radius 3 is 2.70 bits per heavy atom. The Morgan fingerprint density at radius 2 is 2.03 bits per heavy atom. The van der Waals surface area contributed by atoms with Crippen molar-refractivity contribution in [1.29, 1.82) is 0 Å². The van der Waals surface area contributed by atoms with Gasteiger partial charge in [0.05, 0.1) is 24.0 Å². The van der Waals surface area contributed by atoms with Gasteiger partial charge >= 0.3 is 0 Å². The van der Waals surface area contributed by atoms with Crippen molar-refractivity contribution in [1.82, 2.24) is 19.7 Å². The van der Waals surface area contributed by atoms with Gasteiger partial charge in [-0.25, -0.2) is 0 Å². The van der Waals surface area contributed by atoms with Crippen LogP contribution in [0.5, 0.6) is 0 Å². The lowest BCUT2D eigenvalue weighted by atomic mass is 9.93. The summed E-state index contributed by atoms with van der Waals surface area (Å²) in [6.07, 6.45) is 1.59. The summed E-state index contributed by atoms with van der Waals surface area (Å²) in [6.45, 7) is 2.24. The number of nitrogens with zero attached hydrogens (tertiary/aromatic N) is 4. The Hall–Kier alpha value is -3.23. The molecule has 0 unspecified atom stereocenters. The number of amides is 2. The number of anilines is 1. The molecule has 30 heavy (non-hydrogen) atoms. The molecule has 0 aliphatic carbocycles. The maximum absolute atomic E-state index is 13.3. The average molecular weight is 425 g/mol. The molecule has 1 aromatic carbocycles. The summed E-state index contributed by atoms with van der Waals surface area (Å²) < 4.78 is 1.55. The van der Waals surface area contributed by atoms with E-state index in [1.807, 2.05) is 25.1 Å². The maximum atomic E-state index is 13.3. The largest absolute Gasteiger partial charge is 0.326 e. The average Bonchev–Trinajstić information content (AvgIpc) is 3.24. The topological polar surface area (TPSA) is 106 Å². The molecule has 3 N–H and O–H groups in total. The number of halogens is 1. The number of aromatic nitrogens is 3. The van der Waals surface area contributed by atoms with Crippen LogP contribution in [0.1, 0.15) is 27.3 Å². The third kappa shape index (κ3) is 3.44. The molecule has 1 aliphatic heterocycles. The van der Waals surface area contributed by atoms with E-state index < -0.39 is 0 Å². The van der Waals surface area contributed by atoms with Gasteiger partial charge in [-0.15, -0.1) is 0 Å². The van der Waals surface area contributed by atoms with Crippen molar-refractivity contribution < 1.29 is 9.59 Å². The lowest BCUT2D eigenvalue weighted by Crippen LogP contribution is -2.34. The zero-order valence-electron chi connectivity index (χ0n) is 16.6. The predicted octanol–water partition coefficient (Wildman–Crippen LogP) is 2.50. The Kier molecular flexibility index (Phi) is 5.27. The summed E-state index contributed by atoms with van der Waals surface area (Å²) in [5.74, 6) is -0.0163. The first kappa shape index (κ1) is 20.1. The van der Waals surface area contributed by atoms with E-state index >= 15 is 0 Å². The van der Waals surface area contributed by atoms with Crippen LogP contribution in [0.15, 0.2) is 36.5 Å². The van der Waals surface area contributed by atoms with Crippen LogP contribution >= 0.6 is 11.6 Å². The van der Waals surface area contributed by atoms with Crippen molar-refractivity contribution in [2.24, 2.45) is 12.8 Å². The minimum Gasteiger partial charge on any atom is -0.326 e. The molecule has 3 heterocycles. The SMILES string of the molecule is Cc1nc2c(c(-c3ccccc3Cl)c1CN)C(=O)N(CC(=O)Nc1ccnn1C)C2. The first-order chi connectivity index (χ1) is 14.4. The second-order valence-corrected chi connectivity index (χ2v) is 7.51. The van der Waals surface area contributed by atoms with Crippen molar-refractivity contribution in [3.63, 3.8) is 0 Å². The van der Waals surface area contributed by atoms with E-state index in [1.54, 1.807) is 30.1 Å². The Bertz CT molecular complexity index is 1160. The van der Waals surface area contributed by atoms with Gasteiger partial charge in [0.2, 0.25) is 5.91 Å². The van der Waals surface area contributed by atoms with Gasteiger partial charge in [-0.05, 0) is 18.6 Å². The normalized spacial score (nSPS) is 12.9. The molecule has 0 bridgehead atoms. The quantitative estimate of drug-likeness (QED) is 0.654. The molecule has 3 aromatic rings. The van der Waals surface area contributed by atoms with Crippen LogP contribution in [0.4, 0.5) is 5.82 Å². The van der Waals surface area contributed by atoms with Gasteiger partial charge in [-0.3, -0.25) is 19.3 Å². The van der Waals surface area contributed by atoms with Crippen LogP contribution in [0.25, 0.3) is 11.1 Å². The Morgan fingerprint density at radius 1 is 1.27 bits per heavy atom. The van der Waals surface area contributed by atoms with Gasteiger partial charge in [-0.1, -0.05) is 29.8 Å². The highest BCUT2D eigenvalue weighted by atomic mass is 35.5. The fraction of sp³-hybridized carbons (Fsp3) is 0.238. The number of fused-ring (bicyclic) bond motifs is 1. The van der Waals surface area contributed by atoms with Gasteiger partial charge < -0.3 is 16.0 Å².